The van der Waals surface area contributed by atoms with Crippen LogP contribution in [0.2, 0.25) is 0 Å². The standard InChI is InChI=1S/C20H26N2O3/c1-24-19-5-2-4-17(16-19)9-10-21-11-13-22(14-12-21)20(23)8-7-18-6-3-15-25-18/h2-6,15-16H,7-14H2,1H3. The summed E-state index contributed by atoms with van der Waals surface area (Å²) < 4.78 is 10.6. The van der Waals surface area contributed by atoms with Crippen LogP contribution in [0.4, 0.5) is 0 Å². The van der Waals surface area contributed by atoms with Crippen molar-refractivity contribution in [1.82, 2.24) is 9.80 Å². The van der Waals surface area contributed by atoms with Crippen molar-refractivity contribution in [2.45, 2.75) is 19.3 Å². The Hall–Kier alpha value is -2.27. The van der Waals surface area contributed by atoms with Crippen LogP contribution < -0.4 is 4.74 Å². The van der Waals surface area contributed by atoms with Gasteiger partial charge >= 0.3 is 0 Å². The Bertz CT molecular complexity index is 661. The van der Waals surface area contributed by atoms with E-state index in [9.17, 15) is 4.79 Å². The van der Waals surface area contributed by atoms with Crippen LogP contribution in [0.1, 0.15) is 17.7 Å². The van der Waals surface area contributed by atoms with Crippen LogP contribution in [0.25, 0.3) is 0 Å². The van der Waals surface area contributed by atoms with Gasteiger partial charge in [-0.3, -0.25) is 9.69 Å². The summed E-state index contributed by atoms with van der Waals surface area (Å²) in [5.74, 6) is 2.01. The van der Waals surface area contributed by atoms with Crippen molar-refractivity contribution in [2.24, 2.45) is 0 Å². The zero-order valence-electron chi connectivity index (χ0n) is 14.8. The van der Waals surface area contributed by atoms with Crippen molar-refractivity contribution >= 4 is 5.91 Å². The highest BCUT2D eigenvalue weighted by molar-refractivity contribution is 5.76. The molecule has 134 valence electrons. The van der Waals surface area contributed by atoms with Gasteiger partial charge in [0, 0.05) is 45.6 Å². The quantitative estimate of drug-likeness (QED) is 0.776. The number of amides is 1. The summed E-state index contributed by atoms with van der Waals surface area (Å²) in [4.78, 5) is 16.7. The lowest BCUT2D eigenvalue weighted by molar-refractivity contribution is -0.132. The molecule has 2 heterocycles. The highest BCUT2D eigenvalue weighted by Gasteiger charge is 2.20. The molecule has 1 aliphatic heterocycles. The predicted molar refractivity (Wildman–Crippen MR) is 96.7 cm³/mol. The molecule has 0 unspecified atom stereocenters. The third-order valence-electron chi connectivity index (χ3n) is 4.74. The summed E-state index contributed by atoms with van der Waals surface area (Å²) in [5, 5.41) is 0. The van der Waals surface area contributed by atoms with E-state index in [1.807, 2.05) is 29.2 Å². The van der Waals surface area contributed by atoms with E-state index in [1.165, 1.54) is 5.56 Å². The van der Waals surface area contributed by atoms with E-state index in [0.717, 1.165) is 50.7 Å². The maximum Gasteiger partial charge on any atom is 0.223 e. The second kappa shape index (κ2) is 8.72. The van der Waals surface area contributed by atoms with E-state index < -0.39 is 0 Å². The Kier molecular flexibility index (Phi) is 6.12. The molecule has 1 aromatic heterocycles. The molecular weight excluding hydrogens is 316 g/mol. The Morgan fingerprint density at radius 2 is 1.96 bits per heavy atom. The molecule has 0 bridgehead atoms. The minimum Gasteiger partial charge on any atom is -0.497 e. The van der Waals surface area contributed by atoms with Gasteiger partial charge in [0.25, 0.3) is 0 Å². The number of methoxy groups -OCH3 is 1. The van der Waals surface area contributed by atoms with Gasteiger partial charge in [-0.15, -0.1) is 0 Å². The first-order valence-corrected chi connectivity index (χ1v) is 8.90. The Morgan fingerprint density at radius 1 is 1.12 bits per heavy atom. The Morgan fingerprint density at radius 3 is 2.68 bits per heavy atom. The van der Waals surface area contributed by atoms with Gasteiger partial charge in [0.05, 0.1) is 13.4 Å². The van der Waals surface area contributed by atoms with Gasteiger partial charge in [-0.25, -0.2) is 0 Å². The fourth-order valence-corrected chi connectivity index (χ4v) is 3.18. The molecule has 1 fully saturated rings. The number of aryl methyl sites for hydroxylation is 1. The van der Waals surface area contributed by atoms with Crippen molar-refractivity contribution in [1.29, 1.82) is 0 Å². The van der Waals surface area contributed by atoms with Gasteiger partial charge in [-0.05, 0) is 36.2 Å². The van der Waals surface area contributed by atoms with Crippen LogP contribution in [0, 0.1) is 0 Å². The number of hydrogen-bond donors (Lipinski definition) is 0. The summed E-state index contributed by atoms with van der Waals surface area (Å²) in [6.45, 7) is 4.53. The largest absolute Gasteiger partial charge is 0.497 e. The van der Waals surface area contributed by atoms with E-state index in [2.05, 4.69) is 17.0 Å². The van der Waals surface area contributed by atoms with Crippen LogP contribution in [0.15, 0.2) is 47.1 Å². The number of carbonyl (C=O) groups excluding carboxylic acids is 1. The van der Waals surface area contributed by atoms with E-state index in [4.69, 9.17) is 9.15 Å². The molecule has 0 aliphatic carbocycles. The molecule has 1 amide bonds. The van der Waals surface area contributed by atoms with E-state index in [0.29, 0.717) is 12.8 Å². The van der Waals surface area contributed by atoms with E-state index in [-0.39, 0.29) is 5.91 Å². The Labute approximate surface area is 149 Å². The minimum absolute atomic E-state index is 0.226. The molecule has 1 aliphatic rings. The van der Waals surface area contributed by atoms with Gasteiger partial charge in [0.1, 0.15) is 11.5 Å². The van der Waals surface area contributed by atoms with Crippen LogP contribution in [0.3, 0.4) is 0 Å². The molecule has 1 aromatic carbocycles. The average Bonchev–Trinajstić information content (AvgIpc) is 3.18. The number of piperazine rings is 1. The molecule has 5 nitrogen and oxygen atoms in total. The van der Waals surface area contributed by atoms with Gasteiger partial charge in [0.15, 0.2) is 0 Å². The minimum atomic E-state index is 0.226. The molecule has 0 atom stereocenters. The van der Waals surface area contributed by atoms with Crippen LogP contribution >= 0.6 is 0 Å². The molecule has 25 heavy (non-hydrogen) atoms. The van der Waals surface area contributed by atoms with Crippen molar-refractivity contribution in [3.63, 3.8) is 0 Å². The number of benzene rings is 1. The lowest BCUT2D eigenvalue weighted by atomic mass is 10.1. The highest BCUT2D eigenvalue weighted by atomic mass is 16.5. The molecule has 0 radical (unpaired) electrons. The summed E-state index contributed by atoms with van der Waals surface area (Å²) in [5.41, 5.74) is 1.29. The predicted octanol–water partition coefficient (Wildman–Crippen LogP) is 2.61. The highest BCUT2D eigenvalue weighted by Crippen LogP contribution is 2.14. The summed E-state index contributed by atoms with van der Waals surface area (Å²) in [6, 6.07) is 12.0. The number of rotatable bonds is 7. The number of hydrogen-bond acceptors (Lipinski definition) is 4. The molecular formula is C20H26N2O3. The van der Waals surface area contributed by atoms with E-state index >= 15 is 0 Å². The van der Waals surface area contributed by atoms with E-state index in [1.54, 1.807) is 13.4 Å². The number of ether oxygens (including phenoxy) is 1. The molecule has 3 rings (SSSR count). The molecule has 2 aromatic rings. The third kappa shape index (κ3) is 5.10. The SMILES string of the molecule is COc1cccc(CCN2CCN(C(=O)CCc3ccco3)CC2)c1. The average molecular weight is 342 g/mol. The summed E-state index contributed by atoms with van der Waals surface area (Å²) in [6.07, 6.45) is 3.86. The first kappa shape index (κ1) is 17.5. The molecule has 5 heteroatoms. The third-order valence-corrected chi connectivity index (χ3v) is 4.74. The van der Waals surface area contributed by atoms with Crippen molar-refractivity contribution in [3.05, 3.63) is 54.0 Å². The first-order chi connectivity index (χ1) is 12.2. The van der Waals surface area contributed by atoms with Crippen LogP contribution in [-0.2, 0) is 17.6 Å². The first-order valence-electron chi connectivity index (χ1n) is 8.90. The molecule has 1 saturated heterocycles. The zero-order chi connectivity index (χ0) is 17.5. The maximum atomic E-state index is 12.3. The monoisotopic (exact) mass is 342 g/mol. The van der Waals surface area contributed by atoms with Crippen molar-refractivity contribution in [2.75, 3.05) is 39.8 Å². The molecule has 0 saturated carbocycles. The van der Waals surface area contributed by atoms with Crippen molar-refractivity contribution < 1.29 is 13.9 Å². The summed E-state index contributed by atoms with van der Waals surface area (Å²) >= 11 is 0. The van der Waals surface area contributed by atoms with Gasteiger partial charge in [-0.1, -0.05) is 12.1 Å². The fourth-order valence-electron chi connectivity index (χ4n) is 3.18. The number of nitrogens with zero attached hydrogens (tertiary/aromatic N) is 2. The topological polar surface area (TPSA) is 45.9 Å². The maximum absolute atomic E-state index is 12.3. The number of carbonyl (C=O) groups is 1. The van der Waals surface area contributed by atoms with Gasteiger partial charge < -0.3 is 14.1 Å². The van der Waals surface area contributed by atoms with Gasteiger partial charge in [-0.2, -0.15) is 0 Å². The molecule has 0 spiro atoms. The number of furan rings is 1. The second-order valence-electron chi connectivity index (χ2n) is 6.40. The lowest BCUT2D eigenvalue weighted by Gasteiger charge is -2.34. The lowest BCUT2D eigenvalue weighted by Crippen LogP contribution is -2.49. The van der Waals surface area contributed by atoms with Crippen LogP contribution in [-0.4, -0.2) is 55.5 Å². The normalized spacial score (nSPS) is 15.3. The second-order valence-corrected chi connectivity index (χ2v) is 6.40. The fraction of sp³-hybridized carbons (Fsp3) is 0.450. The smallest absolute Gasteiger partial charge is 0.223 e. The molecule has 0 N–H and O–H groups in total. The zero-order valence-corrected chi connectivity index (χ0v) is 14.8. The van der Waals surface area contributed by atoms with Gasteiger partial charge in [0.2, 0.25) is 5.91 Å². The Balaban J connectivity index is 1.38. The van der Waals surface area contributed by atoms with Crippen molar-refractivity contribution in [3.8, 4) is 5.75 Å². The van der Waals surface area contributed by atoms with Crippen LogP contribution in [0.5, 0.6) is 5.75 Å². The summed E-state index contributed by atoms with van der Waals surface area (Å²) in [7, 11) is 1.70.